The van der Waals surface area contributed by atoms with Gasteiger partial charge >= 0.3 is 0 Å². The van der Waals surface area contributed by atoms with Crippen LogP contribution in [0.3, 0.4) is 0 Å². The Morgan fingerprint density at radius 3 is 2.53 bits per heavy atom. The number of aromatic nitrogens is 1. The molecule has 0 spiro atoms. The number of amides is 1. The average molecular weight is 422 g/mol. The Kier molecular flexibility index (Phi) is 5.11. The molecule has 8 heteroatoms. The summed E-state index contributed by atoms with van der Waals surface area (Å²) in [6.07, 6.45) is 1.74. The van der Waals surface area contributed by atoms with Crippen molar-refractivity contribution in [2.45, 2.75) is 27.7 Å². The van der Waals surface area contributed by atoms with Crippen LogP contribution in [0.1, 0.15) is 30.8 Å². The van der Waals surface area contributed by atoms with E-state index in [4.69, 9.17) is 10.1 Å². The number of carbonyl (C=O) groups excluding carboxylic acids is 1. The molecule has 0 fully saturated rings. The molecule has 4 rings (SSSR count). The normalized spacial score (nSPS) is 17.5. The van der Waals surface area contributed by atoms with Gasteiger partial charge in [-0.15, -0.1) is 0 Å². The highest BCUT2D eigenvalue weighted by molar-refractivity contribution is 8.27. The molecule has 0 radical (unpaired) electrons. The molecule has 0 saturated carbocycles. The van der Waals surface area contributed by atoms with Crippen molar-refractivity contribution >= 4 is 39.8 Å². The van der Waals surface area contributed by atoms with Crippen molar-refractivity contribution in [2.75, 3.05) is 7.11 Å². The number of methoxy groups -OCH3 is 1. The summed E-state index contributed by atoms with van der Waals surface area (Å²) in [4.78, 5) is 16.8. The summed E-state index contributed by atoms with van der Waals surface area (Å²) in [7, 11) is 1.64. The Bertz CT molecular complexity index is 1140. The maximum Gasteiger partial charge on any atom is 0.283 e. The summed E-state index contributed by atoms with van der Waals surface area (Å²) >= 11 is 1.35. The van der Waals surface area contributed by atoms with Crippen LogP contribution in [-0.2, 0) is 4.79 Å². The van der Waals surface area contributed by atoms with Crippen molar-refractivity contribution in [1.29, 1.82) is 5.41 Å². The van der Waals surface area contributed by atoms with Gasteiger partial charge in [0, 0.05) is 23.0 Å². The molecule has 1 N–H and O–H groups in total. The third kappa shape index (κ3) is 3.37. The Hall–Kier alpha value is -3.13. The predicted octanol–water partition coefficient (Wildman–Crippen LogP) is 4.38. The third-order valence-corrected chi connectivity index (χ3v) is 6.27. The quantitative estimate of drug-likeness (QED) is 0.743. The highest BCUT2D eigenvalue weighted by atomic mass is 32.2. The lowest BCUT2D eigenvalue weighted by atomic mass is 10.1. The number of rotatable bonds is 4. The van der Waals surface area contributed by atoms with Crippen LogP contribution in [0.15, 0.2) is 46.0 Å². The SMILES string of the molecule is COc1ccc(-n2c(C)cc(/C=C3\C(=N)N4N=C(C(C)C)SC4=NC3=O)c2C)cc1. The zero-order valence-corrected chi connectivity index (χ0v) is 18.4. The van der Waals surface area contributed by atoms with Crippen molar-refractivity contribution in [3.63, 3.8) is 0 Å². The fourth-order valence-electron chi connectivity index (χ4n) is 3.46. The van der Waals surface area contributed by atoms with Gasteiger partial charge in [-0.25, -0.2) is 0 Å². The molecule has 3 heterocycles. The molecule has 154 valence electrons. The number of nitrogens with zero attached hydrogens (tertiary/aromatic N) is 4. The second-order valence-corrected chi connectivity index (χ2v) is 8.46. The second kappa shape index (κ2) is 7.60. The van der Waals surface area contributed by atoms with Gasteiger partial charge in [-0.05, 0) is 67.6 Å². The number of nitrogens with one attached hydrogen (secondary N) is 1. The minimum absolute atomic E-state index is 0.0578. The Morgan fingerprint density at radius 2 is 1.90 bits per heavy atom. The Balaban J connectivity index is 1.72. The van der Waals surface area contributed by atoms with Crippen LogP contribution in [0.5, 0.6) is 5.75 Å². The van der Waals surface area contributed by atoms with Crippen molar-refractivity contribution in [3.8, 4) is 11.4 Å². The van der Waals surface area contributed by atoms with Gasteiger partial charge < -0.3 is 9.30 Å². The van der Waals surface area contributed by atoms with E-state index in [1.54, 1.807) is 13.2 Å². The predicted molar refractivity (Wildman–Crippen MR) is 122 cm³/mol. The molecule has 0 atom stereocenters. The summed E-state index contributed by atoms with van der Waals surface area (Å²) in [5.74, 6) is 0.654. The summed E-state index contributed by atoms with van der Waals surface area (Å²) in [6.45, 7) is 8.07. The molecule has 0 bridgehead atoms. The van der Waals surface area contributed by atoms with Crippen LogP contribution in [-0.4, -0.2) is 38.6 Å². The van der Waals surface area contributed by atoms with Gasteiger partial charge in [-0.1, -0.05) is 13.8 Å². The zero-order chi connectivity index (χ0) is 21.6. The van der Waals surface area contributed by atoms with Crippen LogP contribution in [0.2, 0.25) is 0 Å². The molecule has 1 amide bonds. The second-order valence-electron chi connectivity index (χ2n) is 7.47. The van der Waals surface area contributed by atoms with E-state index in [0.29, 0.717) is 5.17 Å². The summed E-state index contributed by atoms with van der Waals surface area (Å²) < 4.78 is 7.35. The van der Waals surface area contributed by atoms with E-state index < -0.39 is 5.91 Å². The molecule has 0 unspecified atom stereocenters. The number of hydrogen-bond acceptors (Lipinski definition) is 5. The van der Waals surface area contributed by atoms with Gasteiger partial charge in [0.25, 0.3) is 5.91 Å². The molecule has 2 aliphatic heterocycles. The van der Waals surface area contributed by atoms with E-state index in [9.17, 15) is 4.79 Å². The number of aliphatic imine (C=N–C) groups is 1. The van der Waals surface area contributed by atoms with Gasteiger partial charge in [-0.3, -0.25) is 10.2 Å². The zero-order valence-electron chi connectivity index (χ0n) is 17.6. The number of ether oxygens (including phenoxy) is 1. The maximum absolute atomic E-state index is 12.7. The number of thioether (sulfide) groups is 1. The van der Waals surface area contributed by atoms with E-state index in [1.165, 1.54) is 16.8 Å². The molecule has 7 nitrogen and oxygen atoms in total. The van der Waals surface area contributed by atoms with Crippen LogP contribution >= 0.6 is 11.8 Å². The van der Waals surface area contributed by atoms with Gasteiger partial charge in [-0.2, -0.15) is 15.1 Å². The van der Waals surface area contributed by atoms with Crippen molar-refractivity contribution < 1.29 is 9.53 Å². The number of fused-ring (bicyclic) bond motifs is 1. The lowest BCUT2D eigenvalue weighted by Gasteiger charge is -2.20. The van der Waals surface area contributed by atoms with Crippen molar-refractivity contribution in [2.24, 2.45) is 16.0 Å². The topological polar surface area (TPSA) is 83.0 Å². The lowest BCUT2D eigenvalue weighted by molar-refractivity contribution is -0.114. The third-order valence-electron chi connectivity index (χ3n) is 5.06. The molecule has 1 aromatic carbocycles. The number of carbonyl (C=O) groups is 1. The van der Waals surface area contributed by atoms with Gasteiger partial charge in [0.1, 0.15) is 10.8 Å². The van der Waals surface area contributed by atoms with Crippen molar-refractivity contribution in [3.05, 3.63) is 52.9 Å². The Labute approximate surface area is 179 Å². The van der Waals surface area contributed by atoms with Gasteiger partial charge in [0.05, 0.1) is 12.7 Å². The molecule has 2 aromatic rings. The summed E-state index contributed by atoms with van der Waals surface area (Å²) in [6, 6.07) is 9.82. The number of hydrogen-bond donors (Lipinski definition) is 1. The first-order valence-corrected chi connectivity index (χ1v) is 10.4. The van der Waals surface area contributed by atoms with Crippen LogP contribution in [0, 0.1) is 25.2 Å². The number of benzene rings is 1. The first kappa shape index (κ1) is 20.2. The van der Waals surface area contributed by atoms with E-state index in [0.717, 1.165) is 33.4 Å². The molecule has 0 aliphatic carbocycles. The fraction of sp³-hybridized carbons (Fsp3) is 0.273. The standard InChI is InChI=1S/C22H23N5O2S/c1-12(2)21-25-27-19(23)18(20(28)24-22(27)30-21)11-15-10-13(3)26(14(15)4)16-6-8-17(29-5)9-7-16/h6-12,23H,1-5H3/b18-11+,23-19?. The summed E-state index contributed by atoms with van der Waals surface area (Å²) in [5.41, 5.74) is 4.11. The van der Waals surface area contributed by atoms with E-state index >= 15 is 0 Å². The monoisotopic (exact) mass is 421 g/mol. The molecular formula is C22H23N5O2S. The number of hydrazone groups is 1. The molecule has 1 aromatic heterocycles. The summed E-state index contributed by atoms with van der Waals surface area (Å²) in [5, 5.41) is 15.8. The van der Waals surface area contributed by atoms with Gasteiger partial charge in [0.15, 0.2) is 5.84 Å². The number of aryl methyl sites for hydroxylation is 1. The van der Waals surface area contributed by atoms with Crippen LogP contribution < -0.4 is 4.74 Å². The molecule has 30 heavy (non-hydrogen) atoms. The van der Waals surface area contributed by atoms with E-state index in [1.807, 2.05) is 58.0 Å². The largest absolute Gasteiger partial charge is 0.497 e. The number of amidine groups is 2. The minimum Gasteiger partial charge on any atom is -0.497 e. The van der Waals surface area contributed by atoms with E-state index in [2.05, 4.69) is 14.7 Å². The fourth-order valence-corrected chi connectivity index (χ4v) is 4.35. The Morgan fingerprint density at radius 1 is 1.20 bits per heavy atom. The highest BCUT2D eigenvalue weighted by Gasteiger charge is 2.36. The van der Waals surface area contributed by atoms with Gasteiger partial charge in [0.2, 0.25) is 5.17 Å². The van der Waals surface area contributed by atoms with Crippen molar-refractivity contribution in [1.82, 2.24) is 9.58 Å². The first-order valence-electron chi connectivity index (χ1n) is 9.63. The van der Waals surface area contributed by atoms with E-state index in [-0.39, 0.29) is 17.3 Å². The average Bonchev–Trinajstić information content (AvgIpc) is 3.26. The van der Waals surface area contributed by atoms with Crippen LogP contribution in [0.25, 0.3) is 11.8 Å². The maximum atomic E-state index is 12.7. The minimum atomic E-state index is -0.409. The lowest BCUT2D eigenvalue weighted by Crippen LogP contribution is -2.35. The molecule has 2 aliphatic rings. The van der Waals surface area contributed by atoms with Crippen LogP contribution in [0.4, 0.5) is 0 Å². The molecular weight excluding hydrogens is 398 g/mol. The smallest absolute Gasteiger partial charge is 0.283 e. The molecule has 0 saturated heterocycles. The highest BCUT2D eigenvalue weighted by Crippen LogP contribution is 2.31. The first-order chi connectivity index (χ1) is 14.3.